The van der Waals surface area contributed by atoms with Gasteiger partial charge in [-0.2, -0.15) is 9.37 Å². The fourth-order valence-electron chi connectivity index (χ4n) is 4.74. The van der Waals surface area contributed by atoms with Crippen molar-refractivity contribution in [1.82, 2.24) is 18.5 Å². The van der Waals surface area contributed by atoms with Crippen LogP contribution in [0.3, 0.4) is 0 Å². The number of rotatable bonds is 7. The molecule has 0 aliphatic carbocycles. The number of benzene rings is 3. The molecule has 0 saturated carbocycles. The third kappa shape index (κ3) is 4.76. The Morgan fingerprint density at radius 3 is 2.51 bits per heavy atom. The van der Waals surface area contributed by atoms with Crippen molar-refractivity contribution in [2.75, 3.05) is 5.32 Å². The summed E-state index contributed by atoms with van der Waals surface area (Å²) in [5, 5.41) is 15.2. The predicted octanol–water partition coefficient (Wildman–Crippen LogP) is 5.90. The van der Waals surface area contributed by atoms with E-state index in [-0.39, 0.29) is 23.0 Å². The number of anilines is 2. The van der Waals surface area contributed by atoms with Gasteiger partial charge in [0.25, 0.3) is 0 Å². The Labute approximate surface area is 231 Å². The van der Waals surface area contributed by atoms with E-state index < -0.39 is 32.3 Å². The molecule has 41 heavy (non-hydrogen) atoms. The van der Waals surface area contributed by atoms with Crippen LogP contribution in [0.4, 0.5) is 26.1 Å². The van der Waals surface area contributed by atoms with E-state index in [2.05, 4.69) is 15.3 Å². The highest BCUT2D eigenvalue weighted by Gasteiger charge is 2.23. The van der Waals surface area contributed by atoms with Crippen molar-refractivity contribution in [3.05, 3.63) is 113 Å². The SMILES string of the molecule is Cn1cc(-c2nc(Nc3ccc(F)c([N+](=O)[O-])c3)nc3c2ccn3S(=O)(=O)Cc2ccccc2)c2ccc(F)cc21. The summed E-state index contributed by atoms with van der Waals surface area (Å²) in [6.07, 6.45) is 3.13. The molecular weight excluding hydrogens is 554 g/mol. The fraction of sp³-hybridized carbons (Fsp3) is 0.0714. The van der Waals surface area contributed by atoms with E-state index in [0.717, 1.165) is 16.1 Å². The van der Waals surface area contributed by atoms with Gasteiger partial charge in [-0.3, -0.25) is 10.1 Å². The van der Waals surface area contributed by atoms with E-state index in [9.17, 15) is 27.3 Å². The first-order valence-electron chi connectivity index (χ1n) is 12.2. The second-order valence-electron chi connectivity index (χ2n) is 9.35. The number of fused-ring (bicyclic) bond motifs is 2. The molecule has 13 heteroatoms. The van der Waals surface area contributed by atoms with Gasteiger partial charge in [0.2, 0.25) is 21.8 Å². The highest BCUT2D eigenvalue weighted by atomic mass is 32.2. The summed E-state index contributed by atoms with van der Waals surface area (Å²) in [6.45, 7) is 0. The first-order chi connectivity index (χ1) is 19.6. The van der Waals surface area contributed by atoms with Crippen molar-refractivity contribution in [3.63, 3.8) is 0 Å². The molecule has 3 aromatic heterocycles. The molecule has 6 aromatic rings. The number of hydrogen-bond donors (Lipinski definition) is 1. The molecule has 0 fully saturated rings. The van der Waals surface area contributed by atoms with Crippen molar-refractivity contribution in [2.24, 2.45) is 7.05 Å². The minimum atomic E-state index is -3.95. The van der Waals surface area contributed by atoms with Crippen LogP contribution in [0.2, 0.25) is 0 Å². The maximum absolute atomic E-state index is 14.0. The first-order valence-corrected chi connectivity index (χ1v) is 13.8. The Morgan fingerprint density at radius 1 is 0.976 bits per heavy atom. The van der Waals surface area contributed by atoms with Gasteiger partial charge in [0.1, 0.15) is 5.82 Å². The Bertz CT molecular complexity index is 2090. The van der Waals surface area contributed by atoms with Crippen LogP contribution in [-0.4, -0.2) is 31.8 Å². The minimum Gasteiger partial charge on any atom is -0.350 e. The molecule has 1 N–H and O–H groups in total. The van der Waals surface area contributed by atoms with E-state index in [1.807, 2.05) is 0 Å². The molecule has 0 amide bonds. The van der Waals surface area contributed by atoms with Crippen LogP contribution in [0, 0.1) is 21.7 Å². The lowest BCUT2D eigenvalue weighted by atomic mass is 10.1. The van der Waals surface area contributed by atoms with Crippen LogP contribution in [-0.2, 0) is 22.8 Å². The molecule has 0 radical (unpaired) electrons. The summed E-state index contributed by atoms with van der Waals surface area (Å²) in [5.41, 5.74) is 1.53. The zero-order valence-corrected chi connectivity index (χ0v) is 22.1. The highest BCUT2D eigenvalue weighted by molar-refractivity contribution is 7.89. The van der Waals surface area contributed by atoms with Crippen LogP contribution < -0.4 is 5.32 Å². The summed E-state index contributed by atoms with van der Waals surface area (Å²) in [4.78, 5) is 19.5. The standard InChI is InChI=1S/C28H20F2N6O4S/c1-34-15-22(20-9-7-18(29)13-24(20)34)26-21-11-12-35(41(39,40)16-17-5-3-2-4-6-17)27(21)33-28(32-26)31-19-8-10-23(30)25(14-19)36(37)38/h2-15H,16H2,1H3,(H,31,32,33). The van der Waals surface area contributed by atoms with Gasteiger partial charge in [0, 0.05) is 47.5 Å². The molecular formula is C28H20F2N6O4S. The molecule has 206 valence electrons. The predicted molar refractivity (Wildman–Crippen MR) is 150 cm³/mol. The molecule has 3 aromatic carbocycles. The zero-order chi connectivity index (χ0) is 28.9. The molecule has 0 aliphatic heterocycles. The zero-order valence-electron chi connectivity index (χ0n) is 21.3. The number of halogens is 2. The maximum atomic E-state index is 14.0. The Morgan fingerprint density at radius 2 is 1.76 bits per heavy atom. The summed E-state index contributed by atoms with van der Waals surface area (Å²) >= 11 is 0. The first kappa shape index (κ1) is 26.1. The number of nitrogens with zero attached hydrogens (tertiary/aromatic N) is 5. The fourth-order valence-corrected chi connectivity index (χ4v) is 6.14. The van der Waals surface area contributed by atoms with Crippen LogP contribution in [0.5, 0.6) is 0 Å². The molecule has 0 bridgehead atoms. The Hall–Kier alpha value is -5.17. The quantitative estimate of drug-likeness (QED) is 0.186. The van der Waals surface area contributed by atoms with Crippen molar-refractivity contribution in [1.29, 1.82) is 0 Å². The third-order valence-electron chi connectivity index (χ3n) is 6.61. The Kier molecular flexibility index (Phi) is 6.22. The summed E-state index contributed by atoms with van der Waals surface area (Å²) in [7, 11) is -2.20. The Balaban J connectivity index is 1.56. The van der Waals surface area contributed by atoms with Gasteiger partial charge in [-0.15, -0.1) is 0 Å². The maximum Gasteiger partial charge on any atom is 0.306 e. The van der Waals surface area contributed by atoms with E-state index in [0.29, 0.717) is 33.1 Å². The van der Waals surface area contributed by atoms with Gasteiger partial charge in [0.05, 0.1) is 21.9 Å². The summed E-state index contributed by atoms with van der Waals surface area (Å²) in [5.74, 6) is -1.81. The van der Waals surface area contributed by atoms with Gasteiger partial charge in [0.15, 0.2) is 5.65 Å². The van der Waals surface area contributed by atoms with E-state index in [4.69, 9.17) is 0 Å². The number of nitrogens with one attached hydrogen (secondary N) is 1. The average Bonchev–Trinajstić information content (AvgIpc) is 3.51. The topological polar surface area (TPSA) is 125 Å². The van der Waals surface area contributed by atoms with Gasteiger partial charge in [-0.05, 0) is 42.0 Å². The van der Waals surface area contributed by atoms with Crippen molar-refractivity contribution in [2.45, 2.75) is 5.75 Å². The second kappa shape index (κ2) is 9.78. The van der Waals surface area contributed by atoms with Crippen LogP contribution >= 0.6 is 0 Å². The van der Waals surface area contributed by atoms with Gasteiger partial charge in [-0.1, -0.05) is 30.3 Å². The number of nitro groups is 1. The second-order valence-corrected chi connectivity index (χ2v) is 11.2. The molecule has 0 atom stereocenters. The molecule has 0 unspecified atom stereocenters. The molecule has 0 saturated heterocycles. The van der Waals surface area contributed by atoms with Crippen LogP contribution in [0.1, 0.15) is 5.56 Å². The van der Waals surface area contributed by atoms with Crippen LogP contribution in [0.25, 0.3) is 33.2 Å². The number of aryl methyl sites for hydroxylation is 1. The lowest BCUT2D eigenvalue weighted by Crippen LogP contribution is -2.15. The number of aromatic nitrogens is 4. The molecule has 0 aliphatic rings. The van der Waals surface area contributed by atoms with Crippen molar-refractivity contribution < 1.29 is 22.1 Å². The van der Waals surface area contributed by atoms with Gasteiger partial charge >= 0.3 is 5.69 Å². The number of hydrogen-bond acceptors (Lipinski definition) is 7. The monoisotopic (exact) mass is 574 g/mol. The molecule has 10 nitrogen and oxygen atoms in total. The third-order valence-corrected chi connectivity index (χ3v) is 8.20. The van der Waals surface area contributed by atoms with Crippen molar-refractivity contribution >= 4 is 49.3 Å². The molecule has 0 spiro atoms. The summed E-state index contributed by atoms with van der Waals surface area (Å²) < 4.78 is 57.8. The van der Waals surface area contributed by atoms with Crippen molar-refractivity contribution in [3.8, 4) is 11.3 Å². The smallest absolute Gasteiger partial charge is 0.306 e. The minimum absolute atomic E-state index is 0.0594. The largest absolute Gasteiger partial charge is 0.350 e. The van der Waals surface area contributed by atoms with Gasteiger partial charge in [-0.25, -0.2) is 21.8 Å². The molecule has 6 rings (SSSR count). The highest BCUT2D eigenvalue weighted by Crippen LogP contribution is 2.36. The number of nitro benzene ring substituents is 1. The average molecular weight is 575 g/mol. The van der Waals surface area contributed by atoms with Crippen LogP contribution in [0.15, 0.2) is 85.2 Å². The van der Waals surface area contributed by atoms with E-state index >= 15 is 0 Å². The van der Waals surface area contributed by atoms with E-state index in [1.165, 1.54) is 24.4 Å². The van der Waals surface area contributed by atoms with E-state index in [1.54, 1.807) is 60.3 Å². The lowest BCUT2D eigenvalue weighted by Gasteiger charge is -2.11. The van der Waals surface area contributed by atoms with Gasteiger partial charge < -0.3 is 9.88 Å². The normalized spacial score (nSPS) is 11.8. The summed E-state index contributed by atoms with van der Waals surface area (Å²) in [6, 6.07) is 17.8. The molecule has 3 heterocycles. The lowest BCUT2D eigenvalue weighted by molar-refractivity contribution is -0.387.